The molecule has 6 aromatic carbocycles. The topological polar surface area (TPSA) is 38.7 Å². The zero-order valence-electron chi connectivity index (χ0n) is 24.3. The lowest BCUT2D eigenvalue weighted by atomic mass is 9.95. The van der Waals surface area contributed by atoms with E-state index >= 15 is 0 Å². The molecule has 1 aromatic heterocycles. The highest BCUT2D eigenvalue weighted by molar-refractivity contribution is 7.99. The van der Waals surface area contributed by atoms with E-state index in [1.807, 2.05) is 72.4 Å². The van der Waals surface area contributed by atoms with Gasteiger partial charge in [0, 0.05) is 26.5 Å². The van der Waals surface area contributed by atoms with Gasteiger partial charge >= 0.3 is 0 Å². The minimum absolute atomic E-state index is 0.643. The molecule has 3 nitrogen and oxygen atoms in total. The van der Waals surface area contributed by atoms with E-state index in [0.717, 1.165) is 27.8 Å². The average Bonchev–Trinajstić information content (AvgIpc) is 3.14. The third kappa shape index (κ3) is 5.37. The lowest BCUT2D eigenvalue weighted by Crippen LogP contribution is -2.00. The lowest BCUT2D eigenvalue weighted by Gasteiger charge is -2.15. The molecule has 212 valence electrons. The summed E-state index contributed by atoms with van der Waals surface area (Å²) in [6.07, 6.45) is 4.46. The number of nitrogens with zero attached hydrogens (tertiary/aromatic N) is 3. The Balaban J connectivity index is 1.34. The molecule has 0 amide bonds. The van der Waals surface area contributed by atoms with Crippen molar-refractivity contribution >= 4 is 23.9 Å². The Morgan fingerprint density at radius 3 is 1.38 bits per heavy atom. The van der Waals surface area contributed by atoms with Crippen molar-refractivity contribution in [1.82, 2.24) is 15.0 Å². The molecule has 2 heterocycles. The molecular weight excluding hydrogens is 567 g/mol. The average molecular weight is 594 g/mol. The summed E-state index contributed by atoms with van der Waals surface area (Å²) in [5.41, 5.74) is 9.92. The van der Waals surface area contributed by atoms with Gasteiger partial charge in [-0.05, 0) is 51.6 Å². The molecule has 0 bridgehead atoms. The maximum absolute atomic E-state index is 5.01. The zero-order valence-corrected chi connectivity index (χ0v) is 25.2. The molecule has 1 aliphatic rings. The van der Waals surface area contributed by atoms with Gasteiger partial charge in [-0.25, -0.2) is 15.0 Å². The van der Waals surface area contributed by atoms with Crippen LogP contribution in [-0.2, 0) is 0 Å². The van der Waals surface area contributed by atoms with E-state index in [9.17, 15) is 0 Å². The first-order chi connectivity index (χ1) is 22.3. The van der Waals surface area contributed by atoms with E-state index in [2.05, 4.69) is 103 Å². The van der Waals surface area contributed by atoms with Gasteiger partial charge in [0.25, 0.3) is 0 Å². The quantitative estimate of drug-likeness (QED) is 0.204. The Hall–Kier alpha value is -5.58. The van der Waals surface area contributed by atoms with E-state index < -0.39 is 0 Å². The minimum Gasteiger partial charge on any atom is -0.208 e. The van der Waals surface area contributed by atoms with E-state index in [0.29, 0.717) is 17.5 Å². The van der Waals surface area contributed by atoms with Crippen LogP contribution in [0.4, 0.5) is 0 Å². The number of aromatic nitrogens is 3. The number of hydrogen-bond donors (Lipinski definition) is 0. The van der Waals surface area contributed by atoms with Gasteiger partial charge in [-0.15, -0.1) is 0 Å². The summed E-state index contributed by atoms with van der Waals surface area (Å²) in [4.78, 5) is 17.3. The van der Waals surface area contributed by atoms with Crippen LogP contribution in [0.1, 0.15) is 11.1 Å². The monoisotopic (exact) mass is 593 g/mol. The molecule has 0 spiro atoms. The maximum atomic E-state index is 5.01. The smallest absolute Gasteiger partial charge is 0.164 e. The van der Waals surface area contributed by atoms with E-state index in [1.165, 1.54) is 32.0 Å². The molecule has 0 N–H and O–H groups in total. The summed E-state index contributed by atoms with van der Waals surface area (Å²) in [7, 11) is 0. The fraction of sp³-hybridized carbons (Fsp3) is 0. The van der Waals surface area contributed by atoms with Crippen LogP contribution in [0.15, 0.2) is 161 Å². The number of hydrogen-bond acceptors (Lipinski definition) is 4. The van der Waals surface area contributed by atoms with E-state index in [-0.39, 0.29) is 0 Å². The van der Waals surface area contributed by atoms with Crippen LogP contribution < -0.4 is 0 Å². The van der Waals surface area contributed by atoms with Crippen LogP contribution in [-0.4, -0.2) is 15.0 Å². The van der Waals surface area contributed by atoms with Gasteiger partial charge in [0.05, 0.1) is 0 Å². The molecule has 0 fully saturated rings. The van der Waals surface area contributed by atoms with Crippen LogP contribution in [0, 0.1) is 0 Å². The number of fused-ring (bicyclic) bond motifs is 6. The van der Waals surface area contributed by atoms with Gasteiger partial charge in [0.1, 0.15) is 0 Å². The van der Waals surface area contributed by atoms with Crippen molar-refractivity contribution in [1.29, 1.82) is 0 Å². The summed E-state index contributed by atoms with van der Waals surface area (Å²) in [6.45, 7) is 0. The predicted molar refractivity (Wildman–Crippen MR) is 186 cm³/mol. The fourth-order valence-electron chi connectivity index (χ4n) is 5.75. The number of rotatable bonds is 3. The van der Waals surface area contributed by atoms with Gasteiger partial charge in [0.15, 0.2) is 17.5 Å². The molecule has 1 aliphatic heterocycles. The molecule has 45 heavy (non-hydrogen) atoms. The summed E-state index contributed by atoms with van der Waals surface area (Å²) < 4.78 is 0. The van der Waals surface area contributed by atoms with Gasteiger partial charge in [-0.1, -0.05) is 157 Å². The predicted octanol–water partition coefficient (Wildman–Crippen LogP) is 10.8. The highest BCUT2D eigenvalue weighted by atomic mass is 32.2. The van der Waals surface area contributed by atoms with Crippen LogP contribution >= 0.6 is 11.8 Å². The molecule has 4 heteroatoms. The Labute approximate surface area is 267 Å². The SMILES string of the molecule is C1=C\c2ccc(-c3nc(-c4ccccc4)nc(-c4ccccc4)n3)cc2-c2ccccc2Sc2ccccc2-c2ccccc2/1. The molecule has 0 atom stereocenters. The third-order valence-corrected chi connectivity index (χ3v) is 9.14. The maximum Gasteiger partial charge on any atom is 0.164 e. The highest BCUT2D eigenvalue weighted by Crippen LogP contribution is 2.44. The second kappa shape index (κ2) is 11.8. The van der Waals surface area contributed by atoms with Crippen molar-refractivity contribution in [2.75, 3.05) is 0 Å². The van der Waals surface area contributed by atoms with Crippen LogP contribution in [0.2, 0.25) is 0 Å². The lowest BCUT2D eigenvalue weighted by molar-refractivity contribution is 1.07. The van der Waals surface area contributed by atoms with Gasteiger partial charge in [-0.2, -0.15) is 0 Å². The molecular formula is C41H27N3S. The largest absolute Gasteiger partial charge is 0.208 e. The van der Waals surface area contributed by atoms with Crippen molar-refractivity contribution < 1.29 is 0 Å². The first-order valence-electron chi connectivity index (χ1n) is 15.0. The van der Waals surface area contributed by atoms with Gasteiger partial charge < -0.3 is 0 Å². The van der Waals surface area contributed by atoms with E-state index in [4.69, 9.17) is 15.0 Å². The summed E-state index contributed by atoms with van der Waals surface area (Å²) >= 11 is 1.81. The minimum atomic E-state index is 0.643. The van der Waals surface area contributed by atoms with Crippen molar-refractivity contribution in [2.24, 2.45) is 0 Å². The van der Waals surface area contributed by atoms with Crippen molar-refractivity contribution in [3.05, 3.63) is 163 Å². The van der Waals surface area contributed by atoms with Gasteiger partial charge in [-0.3, -0.25) is 0 Å². The normalized spacial score (nSPS) is 12.5. The molecule has 7 aromatic rings. The third-order valence-electron chi connectivity index (χ3n) is 7.99. The number of benzene rings is 6. The van der Waals surface area contributed by atoms with Crippen LogP contribution in [0.3, 0.4) is 0 Å². The Kier molecular flexibility index (Phi) is 7.10. The Bertz CT molecular complexity index is 2130. The standard InChI is InChI=1S/C41H27N3S/c1-3-14-30(15-4-1)39-42-40(31-16-5-2-6-17-31)44-41(43-39)32-26-25-29-24-23-28-13-7-8-18-33(28)34-19-9-11-21-37(34)45-38-22-12-10-20-35(38)36(29)27-32/h1-27H/b24-23-. The molecule has 0 saturated carbocycles. The second-order valence-electron chi connectivity index (χ2n) is 10.9. The summed E-state index contributed by atoms with van der Waals surface area (Å²) in [5, 5.41) is 0. The first kappa shape index (κ1) is 27.0. The molecule has 0 unspecified atom stereocenters. The molecule has 0 saturated heterocycles. The second-order valence-corrected chi connectivity index (χ2v) is 11.9. The van der Waals surface area contributed by atoms with Crippen molar-refractivity contribution in [2.45, 2.75) is 9.79 Å². The summed E-state index contributed by atoms with van der Waals surface area (Å²) in [5.74, 6) is 1.95. The van der Waals surface area contributed by atoms with E-state index in [1.54, 1.807) is 0 Å². The first-order valence-corrected chi connectivity index (χ1v) is 15.8. The van der Waals surface area contributed by atoms with Crippen LogP contribution in [0.5, 0.6) is 0 Å². The molecule has 0 radical (unpaired) electrons. The zero-order chi connectivity index (χ0) is 30.0. The highest BCUT2D eigenvalue weighted by Gasteiger charge is 2.18. The van der Waals surface area contributed by atoms with Crippen molar-refractivity contribution in [3.8, 4) is 56.4 Å². The summed E-state index contributed by atoms with van der Waals surface area (Å²) in [6, 6.07) is 52.7. The van der Waals surface area contributed by atoms with Crippen molar-refractivity contribution in [3.63, 3.8) is 0 Å². The molecule has 0 aliphatic carbocycles. The Morgan fingerprint density at radius 1 is 0.333 bits per heavy atom. The Morgan fingerprint density at radius 2 is 0.778 bits per heavy atom. The van der Waals surface area contributed by atoms with Gasteiger partial charge in [0.2, 0.25) is 0 Å². The molecule has 8 rings (SSSR count). The fourth-order valence-corrected chi connectivity index (χ4v) is 6.86. The van der Waals surface area contributed by atoms with Crippen LogP contribution in [0.25, 0.3) is 68.6 Å².